The smallest absolute Gasteiger partial charge is 0.223 e. The van der Waals surface area contributed by atoms with Crippen molar-refractivity contribution in [1.29, 1.82) is 0 Å². The predicted molar refractivity (Wildman–Crippen MR) is 97.3 cm³/mol. The molecule has 4 aliphatic carbocycles. The van der Waals surface area contributed by atoms with E-state index in [9.17, 15) is 9.90 Å². The molecule has 3 nitrogen and oxygen atoms in total. The summed E-state index contributed by atoms with van der Waals surface area (Å²) >= 11 is 3.45. The maximum Gasteiger partial charge on any atom is 0.223 e. The zero-order valence-corrected chi connectivity index (χ0v) is 15.9. The fourth-order valence-corrected chi connectivity index (χ4v) is 6.28. The molecule has 0 aliphatic heterocycles. The number of rotatable bonds is 4. The molecule has 24 heavy (non-hydrogen) atoms. The molecule has 0 aromatic heterocycles. The lowest BCUT2D eigenvalue weighted by Gasteiger charge is -2.60. The highest BCUT2D eigenvalue weighted by Crippen LogP contribution is 2.62. The van der Waals surface area contributed by atoms with Gasteiger partial charge in [-0.1, -0.05) is 28.1 Å². The second-order valence-electron chi connectivity index (χ2n) is 8.74. The van der Waals surface area contributed by atoms with Gasteiger partial charge in [0.25, 0.3) is 0 Å². The number of aliphatic hydroxyl groups is 1. The minimum atomic E-state index is -0.478. The van der Waals surface area contributed by atoms with Gasteiger partial charge in [0, 0.05) is 24.5 Å². The number of amides is 1. The van der Waals surface area contributed by atoms with Crippen LogP contribution in [0.5, 0.6) is 0 Å². The molecule has 0 spiro atoms. The summed E-state index contributed by atoms with van der Waals surface area (Å²) in [5, 5.41) is 10.9. The second kappa shape index (κ2) is 5.84. The fraction of sp³-hybridized carbons (Fsp3) is 0.650. The van der Waals surface area contributed by atoms with E-state index in [1.54, 1.807) is 0 Å². The Morgan fingerprint density at radius 3 is 2.42 bits per heavy atom. The topological polar surface area (TPSA) is 40.5 Å². The molecule has 4 heteroatoms. The molecular formula is C20H26BrNO2. The number of hydrogen-bond donors (Lipinski definition) is 1. The van der Waals surface area contributed by atoms with Gasteiger partial charge >= 0.3 is 0 Å². The van der Waals surface area contributed by atoms with Crippen LogP contribution in [0.25, 0.3) is 0 Å². The van der Waals surface area contributed by atoms with Gasteiger partial charge in [-0.05, 0) is 73.5 Å². The molecule has 5 rings (SSSR count). The number of benzene rings is 1. The van der Waals surface area contributed by atoms with Crippen molar-refractivity contribution in [2.24, 2.45) is 17.3 Å². The van der Waals surface area contributed by atoms with Crippen molar-refractivity contribution >= 4 is 21.8 Å². The first-order chi connectivity index (χ1) is 11.3. The molecule has 2 unspecified atom stereocenters. The Labute approximate surface area is 152 Å². The van der Waals surface area contributed by atoms with Gasteiger partial charge in [0.15, 0.2) is 0 Å². The zero-order valence-electron chi connectivity index (χ0n) is 14.3. The first-order valence-corrected chi connectivity index (χ1v) is 9.85. The number of carbonyl (C=O) groups excluding carboxylic acids is 1. The Morgan fingerprint density at radius 1 is 1.21 bits per heavy atom. The highest BCUT2D eigenvalue weighted by atomic mass is 79.9. The normalized spacial score (nSPS) is 36.8. The number of carbonyl (C=O) groups is 1. The standard InChI is InChI=1S/C20H26BrNO2/c1-22(12-14-2-4-17(21)5-3-14)18(23)11-19-7-15-6-16(8-19)10-20(24,9-15)13-19/h2-5,15-16,24H,6-13H2,1H3/t15-,16+,19?,20?. The number of hydrogen-bond acceptors (Lipinski definition) is 2. The average Bonchev–Trinajstić information content (AvgIpc) is 2.46. The van der Waals surface area contributed by atoms with E-state index in [0.29, 0.717) is 24.8 Å². The van der Waals surface area contributed by atoms with E-state index in [2.05, 4.69) is 28.1 Å². The summed E-state index contributed by atoms with van der Waals surface area (Å²) < 4.78 is 1.06. The molecule has 1 amide bonds. The lowest BCUT2D eigenvalue weighted by molar-refractivity contribution is -0.171. The summed E-state index contributed by atoms with van der Waals surface area (Å²) in [4.78, 5) is 14.7. The number of nitrogens with zero attached hydrogens (tertiary/aromatic N) is 1. The van der Waals surface area contributed by atoms with E-state index in [1.165, 1.54) is 6.42 Å². The quantitative estimate of drug-likeness (QED) is 0.837. The van der Waals surface area contributed by atoms with E-state index >= 15 is 0 Å². The molecular weight excluding hydrogens is 366 g/mol. The molecule has 4 aliphatic rings. The first kappa shape index (κ1) is 16.6. The lowest BCUT2D eigenvalue weighted by Crippen LogP contribution is -2.56. The molecule has 1 aromatic carbocycles. The van der Waals surface area contributed by atoms with E-state index < -0.39 is 5.60 Å². The van der Waals surface area contributed by atoms with E-state index in [1.807, 2.05) is 24.1 Å². The summed E-state index contributed by atoms with van der Waals surface area (Å²) in [6.45, 7) is 0.652. The van der Waals surface area contributed by atoms with Crippen molar-refractivity contribution in [2.75, 3.05) is 7.05 Å². The van der Waals surface area contributed by atoms with Gasteiger partial charge in [0.2, 0.25) is 5.91 Å². The van der Waals surface area contributed by atoms with E-state index in [-0.39, 0.29) is 11.3 Å². The Balaban J connectivity index is 1.43. The summed E-state index contributed by atoms with van der Waals surface area (Å²) in [5.74, 6) is 1.50. The Kier molecular flexibility index (Phi) is 4.04. The Morgan fingerprint density at radius 2 is 1.83 bits per heavy atom. The first-order valence-electron chi connectivity index (χ1n) is 9.06. The van der Waals surface area contributed by atoms with Crippen LogP contribution in [0.15, 0.2) is 28.7 Å². The largest absolute Gasteiger partial charge is 0.390 e. The van der Waals surface area contributed by atoms with Crippen molar-refractivity contribution in [3.05, 3.63) is 34.3 Å². The molecule has 0 heterocycles. The Bertz CT molecular complexity index is 628. The maximum absolute atomic E-state index is 12.8. The van der Waals surface area contributed by atoms with Crippen molar-refractivity contribution in [1.82, 2.24) is 4.90 Å². The van der Waals surface area contributed by atoms with Crippen molar-refractivity contribution < 1.29 is 9.90 Å². The molecule has 130 valence electrons. The van der Waals surface area contributed by atoms with Crippen LogP contribution >= 0.6 is 15.9 Å². The van der Waals surface area contributed by atoms with Gasteiger partial charge < -0.3 is 10.0 Å². The van der Waals surface area contributed by atoms with Crippen LogP contribution in [0.1, 0.15) is 50.5 Å². The van der Waals surface area contributed by atoms with Crippen LogP contribution in [0.4, 0.5) is 0 Å². The summed E-state index contributed by atoms with van der Waals surface area (Å²) in [5.41, 5.74) is 0.733. The van der Waals surface area contributed by atoms with Crippen LogP contribution in [0.3, 0.4) is 0 Å². The van der Waals surface area contributed by atoms with Gasteiger partial charge in [-0.3, -0.25) is 4.79 Å². The third kappa shape index (κ3) is 3.15. The average molecular weight is 392 g/mol. The summed E-state index contributed by atoms with van der Waals surface area (Å²) in [6.07, 6.45) is 6.93. The van der Waals surface area contributed by atoms with Gasteiger partial charge in [-0.25, -0.2) is 0 Å². The second-order valence-corrected chi connectivity index (χ2v) is 9.65. The van der Waals surface area contributed by atoms with Crippen LogP contribution in [0.2, 0.25) is 0 Å². The Hall–Kier alpha value is -0.870. The van der Waals surface area contributed by atoms with Crippen LogP contribution in [0, 0.1) is 17.3 Å². The van der Waals surface area contributed by atoms with E-state index in [0.717, 1.165) is 42.1 Å². The molecule has 0 radical (unpaired) electrons. The third-order valence-corrected chi connectivity index (χ3v) is 6.97. The summed E-state index contributed by atoms with van der Waals surface area (Å²) in [6, 6.07) is 8.15. The van der Waals surface area contributed by atoms with Crippen molar-refractivity contribution in [3.8, 4) is 0 Å². The van der Waals surface area contributed by atoms with Crippen LogP contribution in [-0.4, -0.2) is 28.6 Å². The highest BCUT2D eigenvalue weighted by molar-refractivity contribution is 9.10. The molecule has 4 atom stereocenters. The predicted octanol–water partition coefficient (Wildman–Crippen LogP) is 4.13. The molecule has 0 saturated heterocycles. The van der Waals surface area contributed by atoms with Gasteiger partial charge in [0.05, 0.1) is 5.60 Å². The van der Waals surface area contributed by atoms with Crippen LogP contribution in [-0.2, 0) is 11.3 Å². The van der Waals surface area contributed by atoms with Gasteiger partial charge in [0.1, 0.15) is 0 Å². The van der Waals surface area contributed by atoms with Gasteiger partial charge in [-0.2, -0.15) is 0 Å². The molecule has 1 N–H and O–H groups in total. The number of halogens is 1. The fourth-order valence-electron chi connectivity index (χ4n) is 6.02. The SMILES string of the molecule is CN(Cc1ccc(Br)cc1)C(=O)CC12C[C@@H]3C[C@@H](CC(O)(C3)C1)C2. The molecule has 4 fully saturated rings. The monoisotopic (exact) mass is 391 g/mol. The minimum Gasteiger partial charge on any atom is -0.390 e. The van der Waals surface area contributed by atoms with E-state index in [4.69, 9.17) is 0 Å². The third-order valence-electron chi connectivity index (χ3n) is 6.44. The molecule has 4 saturated carbocycles. The zero-order chi connectivity index (χ0) is 16.9. The lowest BCUT2D eigenvalue weighted by atomic mass is 9.47. The van der Waals surface area contributed by atoms with Crippen molar-refractivity contribution in [2.45, 2.75) is 57.1 Å². The van der Waals surface area contributed by atoms with Gasteiger partial charge in [-0.15, -0.1) is 0 Å². The van der Waals surface area contributed by atoms with Crippen molar-refractivity contribution in [3.63, 3.8) is 0 Å². The highest BCUT2D eigenvalue weighted by Gasteiger charge is 2.57. The summed E-state index contributed by atoms with van der Waals surface area (Å²) in [7, 11) is 1.90. The maximum atomic E-state index is 12.8. The minimum absolute atomic E-state index is 0.0594. The molecule has 4 bridgehead atoms. The molecule has 1 aromatic rings. The van der Waals surface area contributed by atoms with Crippen LogP contribution < -0.4 is 0 Å².